The Kier molecular flexibility index (Phi) is 3.80. The van der Waals surface area contributed by atoms with E-state index in [1.165, 1.54) is 0 Å². The SMILES string of the molecule is C=CCc1cc(OC)cc2c1O[C@@H](c1ccc(O)cc1)[C@@H]2C. The number of allylic oxidation sites excluding steroid dienone is 1. The molecule has 2 atom stereocenters. The summed E-state index contributed by atoms with van der Waals surface area (Å²) >= 11 is 0. The normalized spacial score (nSPS) is 19.4. The second-order valence-corrected chi connectivity index (χ2v) is 5.62. The van der Waals surface area contributed by atoms with Crippen LogP contribution in [0, 0.1) is 0 Å². The highest BCUT2D eigenvalue weighted by molar-refractivity contribution is 5.53. The summed E-state index contributed by atoms with van der Waals surface area (Å²) in [7, 11) is 1.68. The third-order valence-electron chi connectivity index (χ3n) is 4.18. The van der Waals surface area contributed by atoms with Gasteiger partial charge in [0.05, 0.1) is 7.11 Å². The van der Waals surface area contributed by atoms with E-state index in [9.17, 15) is 5.11 Å². The molecule has 22 heavy (non-hydrogen) atoms. The van der Waals surface area contributed by atoms with Gasteiger partial charge in [0.2, 0.25) is 0 Å². The van der Waals surface area contributed by atoms with Crippen molar-refractivity contribution in [3.8, 4) is 17.2 Å². The van der Waals surface area contributed by atoms with Gasteiger partial charge in [-0.05, 0) is 36.2 Å². The molecular formula is C19H20O3. The second kappa shape index (κ2) is 5.76. The summed E-state index contributed by atoms with van der Waals surface area (Å²) in [5.74, 6) is 2.27. The Labute approximate surface area is 130 Å². The fourth-order valence-electron chi connectivity index (χ4n) is 3.00. The summed E-state index contributed by atoms with van der Waals surface area (Å²) in [4.78, 5) is 0. The minimum Gasteiger partial charge on any atom is -0.508 e. The molecule has 0 spiro atoms. The van der Waals surface area contributed by atoms with Gasteiger partial charge in [0, 0.05) is 17.0 Å². The van der Waals surface area contributed by atoms with Gasteiger partial charge >= 0.3 is 0 Å². The van der Waals surface area contributed by atoms with Crippen molar-refractivity contribution in [2.75, 3.05) is 7.11 Å². The quantitative estimate of drug-likeness (QED) is 0.852. The zero-order chi connectivity index (χ0) is 15.7. The molecular weight excluding hydrogens is 276 g/mol. The van der Waals surface area contributed by atoms with Crippen LogP contribution in [0.1, 0.15) is 35.6 Å². The molecule has 0 amide bonds. The van der Waals surface area contributed by atoms with Crippen LogP contribution in [0.15, 0.2) is 49.1 Å². The van der Waals surface area contributed by atoms with Crippen molar-refractivity contribution < 1.29 is 14.6 Å². The summed E-state index contributed by atoms with van der Waals surface area (Å²) in [6.45, 7) is 5.97. The van der Waals surface area contributed by atoms with E-state index in [2.05, 4.69) is 13.5 Å². The van der Waals surface area contributed by atoms with Crippen molar-refractivity contribution in [2.24, 2.45) is 0 Å². The summed E-state index contributed by atoms with van der Waals surface area (Å²) in [5, 5.41) is 9.45. The van der Waals surface area contributed by atoms with Crippen molar-refractivity contribution in [3.05, 3.63) is 65.7 Å². The summed E-state index contributed by atoms with van der Waals surface area (Å²) in [6, 6.07) is 11.3. The molecule has 0 bridgehead atoms. The van der Waals surface area contributed by atoms with E-state index in [0.29, 0.717) is 0 Å². The van der Waals surface area contributed by atoms with Gasteiger partial charge in [-0.25, -0.2) is 0 Å². The number of phenolic OH excluding ortho intramolecular Hbond substituents is 1. The smallest absolute Gasteiger partial charge is 0.130 e. The van der Waals surface area contributed by atoms with E-state index in [-0.39, 0.29) is 17.8 Å². The van der Waals surface area contributed by atoms with E-state index < -0.39 is 0 Å². The van der Waals surface area contributed by atoms with Gasteiger partial charge in [-0.1, -0.05) is 25.1 Å². The highest BCUT2D eigenvalue weighted by Gasteiger charge is 2.34. The molecule has 1 N–H and O–H groups in total. The molecule has 1 aliphatic heterocycles. The van der Waals surface area contributed by atoms with Crippen LogP contribution in [0.3, 0.4) is 0 Å². The Hall–Kier alpha value is -2.42. The first-order valence-electron chi connectivity index (χ1n) is 7.41. The molecule has 1 heterocycles. The molecule has 2 aromatic carbocycles. The lowest BCUT2D eigenvalue weighted by Gasteiger charge is -2.16. The molecule has 0 fully saturated rings. The highest BCUT2D eigenvalue weighted by atomic mass is 16.5. The Balaban J connectivity index is 2.01. The van der Waals surface area contributed by atoms with Crippen LogP contribution in [-0.4, -0.2) is 12.2 Å². The lowest BCUT2D eigenvalue weighted by atomic mass is 9.91. The van der Waals surface area contributed by atoms with Crippen LogP contribution in [0.5, 0.6) is 17.2 Å². The minimum atomic E-state index is -0.0497. The van der Waals surface area contributed by atoms with Gasteiger partial charge in [-0.2, -0.15) is 0 Å². The number of aromatic hydroxyl groups is 1. The Morgan fingerprint density at radius 3 is 2.64 bits per heavy atom. The van der Waals surface area contributed by atoms with Gasteiger partial charge < -0.3 is 14.6 Å². The van der Waals surface area contributed by atoms with E-state index in [1.54, 1.807) is 19.2 Å². The first-order valence-corrected chi connectivity index (χ1v) is 7.41. The number of fused-ring (bicyclic) bond motifs is 1. The van der Waals surface area contributed by atoms with Crippen LogP contribution >= 0.6 is 0 Å². The largest absolute Gasteiger partial charge is 0.508 e. The topological polar surface area (TPSA) is 38.7 Å². The van der Waals surface area contributed by atoms with E-state index >= 15 is 0 Å². The van der Waals surface area contributed by atoms with Crippen LogP contribution in [0.25, 0.3) is 0 Å². The molecule has 0 radical (unpaired) electrons. The van der Waals surface area contributed by atoms with Crippen LogP contribution in [-0.2, 0) is 6.42 Å². The van der Waals surface area contributed by atoms with Crippen molar-refractivity contribution in [1.29, 1.82) is 0 Å². The Morgan fingerprint density at radius 1 is 1.27 bits per heavy atom. The first kappa shape index (κ1) is 14.5. The van der Waals surface area contributed by atoms with E-state index in [0.717, 1.165) is 34.6 Å². The number of benzene rings is 2. The molecule has 0 aliphatic carbocycles. The van der Waals surface area contributed by atoms with E-state index in [1.807, 2.05) is 30.3 Å². The number of methoxy groups -OCH3 is 1. The molecule has 3 nitrogen and oxygen atoms in total. The molecule has 0 saturated carbocycles. The van der Waals surface area contributed by atoms with Gasteiger partial charge in [0.15, 0.2) is 0 Å². The van der Waals surface area contributed by atoms with Crippen LogP contribution in [0.2, 0.25) is 0 Å². The fraction of sp³-hybridized carbons (Fsp3) is 0.263. The average Bonchev–Trinajstić information content (AvgIpc) is 2.86. The van der Waals surface area contributed by atoms with Crippen molar-refractivity contribution in [2.45, 2.75) is 25.4 Å². The molecule has 3 rings (SSSR count). The maximum Gasteiger partial charge on any atom is 0.130 e. The molecule has 0 saturated heterocycles. The molecule has 2 aromatic rings. The molecule has 0 unspecified atom stereocenters. The number of phenols is 1. The van der Waals surface area contributed by atoms with Crippen LogP contribution in [0.4, 0.5) is 0 Å². The van der Waals surface area contributed by atoms with Crippen molar-refractivity contribution in [1.82, 2.24) is 0 Å². The minimum absolute atomic E-state index is 0.0497. The van der Waals surface area contributed by atoms with Gasteiger partial charge in [0.1, 0.15) is 23.4 Å². The Bertz CT molecular complexity index is 689. The van der Waals surface area contributed by atoms with E-state index in [4.69, 9.17) is 9.47 Å². The van der Waals surface area contributed by atoms with Crippen molar-refractivity contribution >= 4 is 0 Å². The lowest BCUT2D eigenvalue weighted by molar-refractivity contribution is 0.214. The maximum atomic E-state index is 9.45. The van der Waals surface area contributed by atoms with Gasteiger partial charge in [-0.3, -0.25) is 0 Å². The molecule has 1 aliphatic rings. The second-order valence-electron chi connectivity index (χ2n) is 5.62. The van der Waals surface area contributed by atoms with Gasteiger partial charge in [0.25, 0.3) is 0 Å². The third-order valence-corrected chi connectivity index (χ3v) is 4.18. The maximum absolute atomic E-state index is 9.45. The average molecular weight is 296 g/mol. The number of ether oxygens (including phenoxy) is 2. The summed E-state index contributed by atoms with van der Waals surface area (Å²) in [5.41, 5.74) is 3.32. The molecule has 3 heteroatoms. The highest BCUT2D eigenvalue weighted by Crippen LogP contribution is 2.49. The molecule has 114 valence electrons. The fourth-order valence-corrected chi connectivity index (χ4v) is 3.00. The van der Waals surface area contributed by atoms with Crippen molar-refractivity contribution in [3.63, 3.8) is 0 Å². The lowest BCUT2D eigenvalue weighted by Crippen LogP contribution is -2.07. The monoisotopic (exact) mass is 296 g/mol. The number of hydrogen-bond donors (Lipinski definition) is 1. The predicted molar refractivity (Wildman–Crippen MR) is 86.8 cm³/mol. The van der Waals surface area contributed by atoms with Gasteiger partial charge in [-0.15, -0.1) is 6.58 Å². The zero-order valence-electron chi connectivity index (χ0n) is 12.9. The summed E-state index contributed by atoms with van der Waals surface area (Å²) in [6.07, 6.45) is 2.57. The van der Waals surface area contributed by atoms with Crippen LogP contribution < -0.4 is 9.47 Å². The number of rotatable bonds is 4. The molecule has 0 aromatic heterocycles. The zero-order valence-corrected chi connectivity index (χ0v) is 12.9. The summed E-state index contributed by atoms with van der Waals surface area (Å²) < 4.78 is 11.7. The Morgan fingerprint density at radius 2 is 2.00 bits per heavy atom. The standard InChI is InChI=1S/C19H20O3/c1-4-5-14-10-16(21-3)11-17-12(2)18(22-19(14)17)13-6-8-15(20)9-7-13/h4,6-12,18,20H,1,5H2,2-3H3/t12-,18-/m1/s1. The predicted octanol–water partition coefficient (Wildman–Crippen LogP) is 4.37. The third kappa shape index (κ3) is 2.43. The number of hydrogen-bond acceptors (Lipinski definition) is 3. The first-order chi connectivity index (χ1) is 10.6.